The van der Waals surface area contributed by atoms with Crippen LogP contribution in [-0.2, 0) is 0 Å². The van der Waals surface area contributed by atoms with Gasteiger partial charge in [-0.3, -0.25) is 14.3 Å². The van der Waals surface area contributed by atoms with Gasteiger partial charge >= 0.3 is 5.69 Å². The molecule has 0 saturated carbocycles. The fourth-order valence-electron chi connectivity index (χ4n) is 1.65. The van der Waals surface area contributed by atoms with Crippen molar-refractivity contribution in [3.05, 3.63) is 69.0 Å². The van der Waals surface area contributed by atoms with Crippen LogP contribution in [-0.4, -0.2) is 19.2 Å². The number of aliphatic imine (C=N–C) groups is 1. The molecule has 0 bridgehead atoms. The van der Waals surface area contributed by atoms with Crippen molar-refractivity contribution in [1.29, 1.82) is 0 Å². The van der Waals surface area contributed by atoms with Gasteiger partial charge in [-0.1, -0.05) is 76.7 Å². The van der Waals surface area contributed by atoms with Crippen LogP contribution >= 0.6 is 46.4 Å². The molecule has 0 aliphatic rings. The molecule has 1 N–H and O–H groups in total. The summed E-state index contributed by atoms with van der Waals surface area (Å²) in [6.07, 6.45) is 1.16. The van der Waals surface area contributed by atoms with Gasteiger partial charge in [-0.2, -0.15) is 0 Å². The maximum atomic E-state index is 11.9. The van der Waals surface area contributed by atoms with E-state index in [0.29, 0.717) is 5.56 Å². The quantitative estimate of drug-likeness (QED) is 0.376. The van der Waals surface area contributed by atoms with E-state index in [1.54, 1.807) is 24.3 Å². The summed E-state index contributed by atoms with van der Waals surface area (Å²) < 4.78 is -1.09. The van der Waals surface area contributed by atoms with Crippen molar-refractivity contribution in [2.75, 3.05) is 0 Å². The lowest BCUT2D eigenvalue weighted by Crippen LogP contribution is -2.39. The predicted octanol–water partition coefficient (Wildman–Crippen LogP) is 3.09. The molecule has 2 aromatic rings. The molecule has 0 aliphatic carbocycles. The molecule has 1 unspecified atom stereocenters. The maximum Gasteiger partial charge on any atom is 0.333 e. The summed E-state index contributed by atoms with van der Waals surface area (Å²) in [5, 5.41) is 0. The largest absolute Gasteiger partial charge is 0.333 e. The van der Waals surface area contributed by atoms with Crippen molar-refractivity contribution in [3.8, 4) is 0 Å². The average Bonchev–Trinajstić information content (AvgIpc) is 2.45. The molecule has 1 aromatic heterocycles. The van der Waals surface area contributed by atoms with E-state index in [9.17, 15) is 9.59 Å². The summed E-state index contributed by atoms with van der Waals surface area (Å²) in [7, 11) is 0. The Morgan fingerprint density at radius 2 is 1.77 bits per heavy atom. The van der Waals surface area contributed by atoms with Crippen molar-refractivity contribution in [2.45, 2.75) is 9.29 Å². The number of benzene rings is 1. The van der Waals surface area contributed by atoms with Gasteiger partial charge in [0.1, 0.15) is 0 Å². The minimum atomic E-state index is -2.01. The first-order valence-electron chi connectivity index (χ1n) is 5.95. The summed E-state index contributed by atoms with van der Waals surface area (Å²) in [4.78, 5) is 29.1. The molecule has 2 rings (SSSR count). The van der Waals surface area contributed by atoms with E-state index in [1.165, 1.54) is 0 Å². The van der Waals surface area contributed by atoms with E-state index in [4.69, 9.17) is 46.4 Å². The number of aromatic nitrogens is 2. The van der Waals surface area contributed by atoms with Crippen LogP contribution in [0.1, 0.15) is 11.1 Å². The summed E-state index contributed by atoms with van der Waals surface area (Å²) in [5.41, 5.74) is -1.57. The van der Waals surface area contributed by atoms with Crippen LogP contribution < -0.4 is 11.2 Å². The lowest BCUT2D eigenvalue weighted by Gasteiger charge is -2.18. The number of halogens is 4. The van der Waals surface area contributed by atoms with E-state index in [2.05, 4.69) is 9.98 Å². The van der Waals surface area contributed by atoms with Crippen LogP contribution in [0.3, 0.4) is 0 Å². The van der Waals surface area contributed by atoms with E-state index < -0.39 is 20.5 Å². The summed E-state index contributed by atoms with van der Waals surface area (Å²) in [5.74, 6) is -0.220. The Hall–Kier alpha value is -1.27. The molecule has 1 atom stereocenters. The van der Waals surface area contributed by atoms with Crippen molar-refractivity contribution in [2.24, 2.45) is 4.99 Å². The van der Waals surface area contributed by atoms with Crippen molar-refractivity contribution in [3.63, 3.8) is 0 Å². The van der Waals surface area contributed by atoms with Crippen LogP contribution in [0.4, 0.5) is 0 Å². The Morgan fingerprint density at radius 1 is 1.14 bits per heavy atom. The second-order valence-electron chi connectivity index (χ2n) is 4.18. The summed E-state index contributed by atoms with van der Waals surface area (Å²) in [6.45, 7) is 0. The number of aromatic amines is 1. The topological polar surface area (TPSA) is 67.2 Å². The van der Waals surface area contributed by atoms with Gasteiger partial charge in [0, 0.05) is 12.3 Å². The normalized spacial score (nSPS) is 13.9. The van der Waals surface area contributed by atoms with Gasteiger partial charge < -0.3 is 0 Å². The zero-order chi connectivity index (χ0) is 16.3. The maximum absolute atomic E-state index is 11.9. The van der Waals surface area contributed by atoms with Crippen molar-refractivity contribution >= 4 is 52.2 Å². The number of nitrogens with zero attached hydrogens (tertiary/aromatic N) is 2. The van der Waals surface area contributed by atoms with Crippen LogP contribution in [0, 0.1) is 0 Å². The van der Waals surface area contributed by atoms with Gasteiger partial charge in [-0.05, 0) is 5.56 Å². The van der Waals surface area contributed by atoms with Gasteiger partial charge in [0.05, 0.1) is 0 Å². The summed E-state index contributed by atoms with van der Waals surface area (Å²) in [6, 6.07) is 9.97. The first kappa shape index (κ1) is 17.1. The first-order chi connectivity index (χ1) is 10.3. The molecule has 0 amide bonds. The fraction of sp³-hybridized carbons (Fsp3) is 0.154. The number of rotatable bonds is 2. The van der Waals surface area contributed by atoms with Gasteiger partial charge in [-0.25, -0.2) is 9.79 Å². The molecule has 9 heteroatoms. The Morgan fingerprint density at radius 3 is 2.32 bits per heavy atom. The Kier molecular flexibility index (Phi) is 5.34. The minimum Gasteiger partial charge on any atom is -0.274 e. The molecule has 0 spiro atoms. The number of H-pyrrole nitrogens is 1. The third-order valence-electron chi connectivity index (χ3n) is 2.62. The minimum absolute atomic E-state index is 0.220. The molecular weight excluding hydrogens is 372 g/mol. The van der Waals surface area contributed by atoms with Crippen LogP contribution in [0.5, 0.6) is 0 Å². The molecule has 116 valence electrons. The lowest BCUT2D eigenvalue weighted by molar-refractivity contribution is 0.893. The second-order valence-corrected chi connectivity index (χ2v) is 6.87. The van der Waals surface area contributed by atoms with E-state index in [-0.39, 0.29) is 5.84 Å². The smallest absolute Gasteiger partial charge is 0.274 e. The fourth-order valence-corrected chi connectivity index (χ4v) is 2.31. The predicted molar refractivity (Wildman–Crippen MR) is 89.5 cm³/mol. The SMILES string of the molecule is O=c1ccn(/C(=N\C(Cl)c2ccccc2)C(Cl)(Cl)Cl)c(=O)[nH]1. The zero-order valence-corrected chi connectivity index (χ0v) is 13.9. The zero-order valence-electron chi connectivity index (χ0n) is 10.8. The standard InChI is InChI=1S/C13H9Cl4N3O2/c14-10(8-4-2-1-3-5-8)19-11(13(15,16)17)20-7-6-9(21)18-12(20)22/h1-7,10H,(H,18,21,22)/b19-11-. The third-order valence-corrected chi connectivity index (χ3v) is 3.47. The molecule has 0 aliphatic heterocycles. The number of alkyl halides is 4. The molecule has 0 fully saturated rings. The van der Waals surface area contributed by atoms with E-state index in [1.807, 2.05) is 6.07 Å². The van der Waals surface area contributed by atoms with Crippen LogP contribution in [0.2, 0.25) is 0 Å². The average molecular weight is 381 g/mol. The number of hydrogen-bond acceptors (Lipinski definition) is 3. The molecule has 0 radical (unpaired) electrons. The Balaban J connectivity index is 2.54. The third kappa shape index (κ3) is 4.14. The monoisotopic (exact) mass is 379 g/mol. The molecule has 22 heavy (non-hydrogen) atoms. The highest BCUT2D eigenvalue weighted by atomic mass is 35.6. The highest BCUT2D eigenvalue weighted by molar-refractivity contribution is 6.76. The number of nitrogens with one attached hydrogen (secondary N) is 1. The molecule has 5 nitrogen and oxygen atoms in total. The molecule has 1 heterocycles. The van der Waals surface area contributed by atoms with Gasteiger partial charge in [0.25, 0.3) is 5.56 Å². The molecule has 0 saturated heterocycles. The Bertz CT molecular complexity index is 793. The van der Waals surface area contributed by atoms with Crippen LogP contribution in [0.15, 0.2) is 57.2 Å². The van der Waals surface area contributed by atoms with Crippen molar-refractivity contribution < 1.29 is 0 Å². The Labute approximate surface area is 145 Å². The van der Waals surface area contributed by atoms with E-state index >= 15 is 0 Å². The van der Waals surface area contributed by atoms with Gasteiger partial charge in [-0.15, -0.1) is 0 Å². The highest BCUT2D eigenvalue weighted by Gasteiger charge is 2.31. The number of hydrogen-bond donors (Lipinski definition) is 1. The first-order valence-corrected chi connectivity index (χ1v) is 7.52. The van der Waals surface area contributed by atoms with E-state index in [0.717, 1.165) is 16.8 Å². The van der Waals surface area contributed by atoms with Crippen molar-refractivity contribution in [1.82, 2.24) is 9.55 Å². The van der Waals surface area contributed by atoms with Gasteiger partial charge in [0.2, 0.25) is 3.79 Å². The van der Waals surface area contributed by atoms with Gasteiger partial charge in [0.15, 0.2) is 11.3 Å². The summed E-state index contributed by atoms with van der Waals surface area (Å²) >= 11 is 23.8. The lowest BCUT2D eigenvalue weighted by atomic mass is 10.2. The molecular formula is C13H9Cl4N3O2. The van der Waals surface area contributed by atoms with Crippen LogP contribution in [0.25, 0.3) is 0 Å². The highest BCUT2D eigenvalue weighted by Crippen LogP contribution is 2.31. The second kappa shape index (κ2) is 6.87. The molecule has 1 aromatic carbocycles.